The van der Waals surface area contributed by atoms with E-state index in [0.717, 1.165) is 0 Å². The molecule has 8 heteroatoms. The number of hydrogen-bond acceptors (Lipinski definition) is 7. The minimum absolute atomic E-state index is 0.0992. The molecule has 0 fully saturated rings. The topological polar surface area (TPSA) is 108 Å². The molecule has 0 saturated heterocycles. The maximum Gasteiger partial charge on any atom is 0.325 e. The standard InChI is InChI=1S/C19H31NO7/c1-7-8-9-10-14(11-15(22)27-19(3,4)5)17(26-13(2)21)18(24)20-12-16(23)25-6/h7,14,17H,1,8-12H2,2-6H3,(H,20,24)/t14-,17?/m1/s1. The number of esters is 3. The van der Waals surface area contributed by atoms with Crippen LogP contribution in [0.15, 0.2) is 12.7 Å². The molecule has 8 nitrogen and oxygen atoms in total. The maximum absolute atomic E-state index is 12.5. The maximum atomic E-state index is 12.5. The molecule has 0 aromatic heterocycles. The lowest BCUT2D eigenvalue weighted by Gasteiger charge is -2.27. The number of nitrogens with one attached hydrogen (secondary N) is 1. The molecule has 2 atom stereocenters. The second-order valence-corrected chi connectivity index (χ2v) is 7.09. The first-order valence-electron chi connectivity index (χ1n) is 8.84. The molecule has 1 N–H and O–H groups in total. The third kappa shape index (κ3) is 11.8. The van der Waals surface area contributed by atoms with Gasteiger partial charge in [-0.2, -0.15) is 0 Å². The van der Waals surface area contributed by atoms with E-state index in [1.807, 2.05) is 0 Å². The molecule has 0 saturated carbocycles. The van der Waals surface area contributed by atoms with Gasteiger partial charge in [-0.05, 0) is 40.0 Å². The van der Waals surface area contributed by atoms with Crippen LogP contribution in [0.4, 0.5) is 0 Å². The third-order valence-corrected chi connectivity index (χ3v) is 3.45. The second-order valence-electron chi connectivity index (χ2n) is 7.09. The molecule has 0 radical (unpaired) electrons. The van der Waals surface area contributed by atoms with E-state index in [1.165, 1.54) is 14.0 Å². The van der Waals surface area contributed by atoms with Crippen LogP contribution in [0.5, 0.6) is 0 Å². The van der Waals surface area contributed by atoms with Crippen LogP contribution in [-0.4, -0.2) is 49.2 Å². The van der Waals surface area contributed by atoms with Crippen molar-refractivity contribution in [2.24, 2.45) is 5.92 Å². The Hall–Kier alpha value is -2.38. The monoisotopic (exact) mass is 385 g/mol. The van der Waals surface area contributed by atoms with Crippen LogP contribution in [0.1, 0.15) is 53.4 Å². The zero-order chi connectivity index (χ0) is 21.0. The highest BCUT2D eigenvalue weighted by atomic mass is 16.6. The van der Waals surface area contributed by atoms with Gasteiger partial charge in [-0.15, -0.1) is 6.58 Å². The highest BCUT2D eigenvalue weighted by molar-refractivity contribution is 5.87. The van der Waals surface area contributed by atoms with Crippen LogP contribution >= 0.6 is 0 Å². The lowest BCUT2D eigenvalue weighted by atomic mass is 9.91. The normalized spacial score (nSPS) is 13.1. The molecule has 0 aromatic carbocycles. The number of allylic oxidation sites excluding steroid dienone is 1. The zero-order valence-corrected chi connectivity index (χ0v) is 16.8. The van der Waals surface area contributed by atoms with E-state index in [9.17, 15) is 19.2 Å². The summed E-state index contributed by atoms with van der Waals surface area (Å²) >= 11 is 0. The first kappa shape index (κ1) is 24.6. The van der Waals surface area contributed by atoms with E-state index in [-0.39, 0.29) is 13.0 Å². The summed E-state index contributed by atoms with van der Waals surface area (Å²) in [5.74, 6) is -3.06. The van der Waals surface area contributed by atoms with Crippen LogP contribution in [0, 0.1) is 5.92 Å². The molecule has 27 heavy (non-hydrogen) atoms. The molecule has 0 aliphatic heterocycles. The van der Waals surface area contributed by atoms with Crippen LogP contribution in [0.25, 0.3) is 0 Å². The minimum atomic E-state index is -1.22. The van der Waals surface area contributed by atoms with Crippen molar-refractivity contribution in [1.29, 1.82) is 0 Å². The van der Waals surface area contributed by atoms with Crippen LogP contribution in [0.2, 0.25) is 0 Å². The van der Waals surface area contributed by atoms with Gasteiger partial charge in [0.05, 0.1) is 13.5 Å². The summed E-state index contributed by atoms with van der Waals surface area (Å²) in [7, 11) is 1.19. The summed E-state index contributed by atoms with van der Waals surface area (Å²) in [4.78, 5) is 47.4. The number of methoxy groups -OCH3 is 1. The van der Waals surface area contributed by atoms with Gasteiger partial charge in [-0.25, -0.2) is 0 Å². The molecule has 1 amide bonds. The summed E-state index contributed by atoms with van der Waals surface area (Å²) in [6.07, 6.45) is 2.18. The predicted molar refractivity (Wildman–Crippen MR) is 98.6 cm³/mol. The van der Waals surface area contributed by atoms with Gasteiger partial charge >= 0.3 is 17.9 Å². The number of rotatable bonds is 11. The number of ether oxygens (including phenoxy) is 3. The van der Waals surface area contributed by atoms with E-state index in [1.54, 1.807) is 26.8 Å². The van der Waals surface area contributed by atoms with Crippen molar-refractivity contribution in [3.63, 3.8) is 0 Å². The van der Waals surface area contributed by atoms with Gasteiger partial charge in [0.15, 0.2) is 6.10 Å². The molecular formula is C19H31NO7. The zero-order valence-electron chi connectivity index (χ0n) is 16.8. The Morgan fingerprint density at radius 3 is 2.26 bits per heavy atom. The van der Waals surface area contributed by atoms with Crippen LogP contribution in [0.3, 0.4) is 0 Å². The van der Waals surface area contributed by atoms with Gasteiger partial charge in [-0.3, -0.25) is 19.2 Å². The van der Waals surface area contributed by atoms with Crippen molar-refractivity contribution in [3.05, 3.63) is 12.7 Å². The lowest BCUT2D eigenvalue weighted by molar-refractivity contribution is -0.164. The number of carbonyl (C=O) groups excluding carboxylic acids is 4. The van der Waals surface area contributed by atoms with Crippen molar-refractivity contribution in [2.45, 2.75) is 65.1 Å². The summed E-state index contributed by atoms with van der Waals surface area (Å²) < 4.78 is 15.0. The molecule has 0 rings (SSSR count). The van der Waals surface area contributed by atoms with Crippen molar-refractivity contribution >= 4 is 23.8 Å². The van der Waals surface area contributed by atoms with Crippen molar-refractivity contribution in [3.8, 4) is 0 Å². The summed E-state index contributed by atoms with van der Waals surface area (Å²) in [5, 5.41) is 2.37. The van der Waals surface area contributed by atoms with Gasteiger partial charge < -0.3 is 19.5 Å². The van der Waals surface area contributed by atoms with Crippen molar-refractivity contribution in [1.82, 2.24) is 5.32 Å². The fourth-order valence-electron chi connectivity index (χ4n) is 2.36. The largest absolute Gasteiger partial charge is 0.468 e. The van der Waals surface area contributed by atoms with E-state index >= 15 is 0 Å². The van der Waals surface area contributed by atoms with Crippen molar-refractivity contribution < 1.29 is 33.4 Å². The summed E-state index contributed by atoms with van der Waals surface area (Å²) in [6.45, 7) is 9.68. The van der Waals surface area contributed by atoms with Crippen molar-refractivity contribution in [2.75, 3.05) is 13.7 Å². The molecular weight excluding hydrogens is 354 g/mol. The van der Waals surface area contributed by atoms with Gasteiger partial charge in [0.1, 0.15) is 12.1 Å². The number of amides is 1. The number of unbranched alkanes of at least 4 members (excludes halogenated alkanes) is 1. The molecule has 154 valence electrons. The number of carbonyl (C=O) groups is 4. The Balaban J connectivity index is 5.31. The number of hydrogen-bond donors (Lipinski definition) is 1. The van der Waals surface area contributed by atoms with E-state index in [4.69, 9.17) is 9.47 Å². The second kappa shape index (κ2) is 12.1. The Morgan fingerprint density at radius 2 is 1.78 bits per heavy atom. The van der Waals surface area contributed by atoms with E-state index in [2.05, 4.69) is 16.6 Å². The third-order valence-electron chi connectivity index (χ3n) is 3.45. The molecule has 0 heterocycles. The van der Waals surface area contributed by atoms with Gasteiger partial charge in [-0.1, -0.05) is 6.08 Å². The molecule has 0 aliphatic carbocycles. The lowest BCUT2D eigenvalue weighted by Crippen LogP contribution is -2.45. The Morgan fingerprint density at radius 1 is 1.15 bits per heavy atom. The van der Waals surface area contributed by atoms with Crippen LogP contribution < -0.4 is 5.32 Å². The SMILES string of the molecule is C=CCCC[C@H](CC(=O)OC(C)(C)C)C(OC(C)=O)C(=O)NCC(=O)OC. The fourth-order valence-corrected chi connectivity index (χ4v) is 2.36. The molecule has 0 spiro atoms. The highest BCUT2D eigenvalue weighted by Gasteiger charge is 2.34. The summed E-state index contributed by atoms with van der Waals surface area (Å²) in [5.41, 5.74) is -0.674. The molecule has 1 unspecified atom stereocenters. The first-order valence-corrected chi connectivity index (χ1v) is 8.84. The fraction of sp³-hybridized carbons (Fsp3) is 0.684. The smallest absolute Gasteiger partial charge is 0.325 e. The Bertz CT molecular complexity index is 537. The van der Waals surface area contributed by atoms with Gasteiger partial charge in [0.25, 0.3) is 5.91 Å². The van der Waals surface area contributed by atoms with Gasteiger partial charge in [0.2, 0.25) is 0 Å². The van der Waals surface area contributed by atoms with Gasteiger partial charge in [0, 0.05) is 12.8 Å². The first-order chi connectivity index (χ1) is 12.5. The predicted octanol–water partition coefficient (Wildman–Crippen LogP) is 1.91. The molecule has 0 aliphatic rings. The summed E-state index contributed by atoms with van der Waals surface area (Å²) in [6, 6.07) is 0. The molecule has 0 bridgehead atoms. The Kier molecular flexibility index (Phi) is 11.0. The van der Waals surface area contributed by atoms with E-state index < -0.39 is 41.4 Å². The minimum Gasteiger partial charge on any atom is -0.468 e. The van der Waals surface area contributed by atoms with E-state index in [0.29, 0.717) is 19.3 Å². The highest BCUT2D eigenvalue weighted by Crippen LogP contribution is 2.23. The quantitative estimate of drug-likeness (QED) is 0.250. The van der Waals surface area contributed by atoms with Crippen LogP contribution in [-0.2, 0) is 33.4 Å². The average Bonchev–Trinajstić information content (AvgIpc) is 2.54. The average molecular weight is 385 g/mol. The Labute approximate surface area is 160 Å². The molecule has 0 aromatic rings.